The van der Waals surface area contributed by atoms with Gasteiger partial charge in [-0.15, -0.1) is 0 Å². The summed E-state index contributed by atoms with van der Waals surface area (Å²) in [5.74, 6) is -1.21. The largest absolute Gasteiger partial charge is 0.476 e. The lowest BCUT2D eigenvalue weighted by Crippen LogP contribution is -2.40. The van der Waals surface area contributed by atoms with Gasteiger partial charge < -0.3 is 29.8 Å². The van der Waals surface area contributed by atoms with E-state index in [4.69, 9.17) is 9.47 Å². The molecule has 2 aliphatic heterocycles. The maximum absolute atomic E-state index is 13.1. The molecule has 2 saturated heterocycles. The molecule has 2 aliphatic rings. The van der Waals surface area contributed by atoms with Gasteiger partial charge in [-0.25, -0.2) is 8.42 Å². The van der Waals surface area contributed by atoms with E-state index in [0.717, 1.165) is 25.9 Å². The summed E-state index contributed by atoms with van der Waals surface area (Å²) in [5.41, 5.74) is 1.05. The van der Waals surface area contributed by atoms with Gasteiger partial charge in [0, 0.05) is 26.2 Å². The number of anilines is 2. The quantitative estimate of drug-likeness (QED) is 0.430. The third-order valence-electron chi connectivity index (χ3n) is 5.58. The summed E-state index contributed by atoms with van der Waals surface area (Å²) < 4.78 is 38.2. The van der Waals surface area contributed by atoms with Crippen LogP contribution >= 0.6 is 0 Å². The summed E-state index contributed by atoms with van der Waals surface area (Å²) >= 11 is 0. The lowest BCUT2D eigenvalue weighted by Gasteiger charge is -2.27. The van der Waals surface area contributed by atoms with Crippen molar-refractivity contribution < 1.29 is 27.6 Å². The summed E-state index contributed by atoms with van der Waals surface area (Å²) in [6.07, 6.45) is 3.25. The van der Waals surface area contributed by atoms with Gasteiger partial charge in [0.05, 0.1) is 29.5 Å². The van der Waals surface area contributed by atoms with E-state index in [9.17, 15) is 23.3 Å². The molecule has 0 aliphatic carbocycles. The average molecular weight is 492 g/mol. The number of morpholine rings is 1. The van der Waals surface area contributed by atoms with E-state index in [1.807, 2.05) is 0 Å². The number of aromatic nitrogens is 1. The predicted molar refractivity (Wildman–Crippen MR) is 122 cm³/mol. The second kappa shape index (κ2) is 10.3. The van der Waals surface area contributed by atoms with Crippen LogP contribution in [0.2, 0.25) is 0 Å². The lowest BCUT2D eigenvalue weighted by atomic mass is 10.2. The van der Waals surface area contributed by atoms with Gasteiger partial charge in [0.2, 0.25) is 15.8 Å². The summed E-state index contributed by atoms with van der Waals surface area (Å²) in [6, 6.07) is 7.50. The molecule has 0 bridgehead atoms. The first-order valence-corrected chi connectivity index (χ1v) is 12.3. The molecular weight excluding hydrogens is 466 g/mol. The van der Waals surface area contributed by atoms with Crippen molar-refractivity contribution >= 4 is 33.1 Å². The average Bonchev–Trinajstić information content (AvgIpc) is 3.38. The zero-order valence-electron chi connectivity index (χ0n) is 18.4. The molecule has 3 heterocycles. The Kier molecular flexibility index (Phi) is 7.24. The minimum Gasteiger partial charge on any atom is -0.476 e. The normalized spacial score (nSPS) is 16.9. The highest BCUT2D eigenvalue weighted by Gasteiger charge is 2.28. The Hall–Kier alpha value is -3.29. The van der Waals surface area contributed by atoms with Gasteiger partial charge in [-0.05, 0) is 53.1 Å². The fraction of sp³-hybridized carbons (Fsp3) is 0.429. The molecular formula is C21H25N5O7S. The predicted octanol–water partition coefficient (Wildman–Crippen LogP) is 1.63. The van der Waals surface area contributed by atoms with Crippen LogP contribution in [0.25, 0.3) is 0 Å². The van der Waals surface area contributed by atoms with Gasteiger partial charge in [0.25, 0.3) is 5.91 Å². The topological polar surface area (TPSA) is 144 Å². The number of nitrogens with one attached hydrogen (secondary N) is 1. The molecule has 4 rings (SSSR count). The molecule has 0 radical (unpaired) electrons. The van der Waals surface area contributed by atoms with Crippen LogP contribution < -0.4 is 15.0 Å². The molecule has 0 atom stereocenters. The molecule has 0 unspecified atom stereocenters. The van der Waals surface area contributed by atoms with Crippen molar-refractivity contribution in [3.05, 3.63) is 46.6 Å². The number of rotatable bonds is 8. The molecule has 1 amide bonds. The summed E-state index contributed by atoms with van der Waals surface area (Å²) in [5, 5.41) is 13.8. The molecule has 2 fully saturated rings. The van der Waals surface area contributed by atoms with Crippen molar-refractivity contribution in [2.24, 2.45) is 0 Å². The number of nitrogens with zero attached hydrogens (tertiary/aromatic N) is 4. The summed E-state index contributed by atoms with van der Waals surface area (Å²) in [7, 11) is -3.76. The Bertz CT molecular complexity index is 1160. The number of ether oxygens (including phenoxy) is 2. The molecule has 182 valence electrons. The molecule has 13 heteroatoms. The number of sulfonamides is 1. The van der Waals surface area contributed by atoms with Crippen molar-refractivity contribution in [3.8, 4) is 5.75 Å². The Labute approximate surface area is 196 Å². The molecule has 1 N–H and O–H groups in total. The Morgan fingerprint density at radius 1 is 1.18 bits per heavy atom. The molecule has 12 nitrogen and oxygen atoms in total. The summed E-state index contributed by atoms with van der Waals surface area (Å²) in [4.78, 5) is 28.9. The monoisotopic (exact) mass is 491 g/mol. The van der Waals surface area contributed by atoms with Crippen molar-refractivity contribution in [2.45, 2.75) is 17.7 Å². The number of hydrogen-bond acceptors (Lipinski definition) is 9. The first-order valence-electron chi connectivity index (χ1n) is 10.9. The fourth-order valence-corrected chi connectivity index (χ4v) is 5.34. The van der Waals surface area contributed by atoms with Gasteiger partial charge in [0.1, 0.15) is 6.20 Å². The zero-order chi connectivity index (χ0) is 24.1. The number of amides is 1. The number of nitro groups is 1. The number of carbonyl (C=O) groups is 1. The maximum Gasteiger partial charge on any atom is 0.406 e. The smallest absolute Gasteiger partial charge is 0.406 e. The number of carbonyl (C=O) groups excluding carboxylic acids is 1. The van der Waals surface area contributed by atoms with Crippen molar-refractivity contribution in [1.82, 2.24) is 9.29 Å². The second-order valence-electron chi connectivity index (χ2n) is 7.81. The molecule has 1 aromatic heterocycles. The van der Waals surface area contributed by atoms with Crippen molar-refractivity contribution in [2.75, 3.05) is 56.2 Å². The van der Waals surface area contributed by atoms with Crippen LogP contribution in [0, 0.1) is 10.1 Å². The van der Waals surface area contributed by atoms with Crippen molar-refractivity contribution in [1.29, 1.82) is 0 Å². The van der Waals surface area contributed by atoms with E-state index in [1.54, 1.807) is 12.1 Å². The van der Waals surface area contributed by atoms with Crippen LogP contribution in [0.4, 0.5) is 17.2 Å². The minimum absolute atomic E-state index is 0.0662. The Morgan fingerprint density at radius 3 is 2.62 bits per heavy atom. The highest BCUT2D eigenvalue weighted by atomic mass is 32.2. The molecule has 0 spiro atoms. The summed E-state index contributed by atoms with van der Waals surface area (Å²) in [6.45, 7) is 2.24. The van der Waals surface area contributed by atoms with Crippen LogP contribution in [0.5, 0.6) is 5.75 Å². The van der Waals surface area contributed by atoms with Crippen molar-refractivity contribution in [3.63, 3.8) is 0 Å². The van der Waals surface area contributed by atoms with E-state index in [0.29, 0.717) is 24.6 Å². The number of benzene rings is 1. The van der Waals surface area contributed by atoms with Gasteiger partial charge >= 0.3 is 5.82 Å². The van der Waals surface area contributed by atoms with E-state index in [2.05, 4.69) is 15.2 Å². The van der Waals surface area contributed by atoms with E-state index < -0.39 is 33.3 Å². The SMILES string of the molecule is O=C(COc1cccnc1[N+](=O)[O-])Nc1cc(S(=O)(=O)N2CCOCC2)ccc1N1CCCC1. The van der Waals surface area contributed by atoms with Crippen LogP contribution in [-0.2, 0) is 19.6 Å². The van der Waals surface area contributed by atoms with Crippen LogP contribution in [-0.4, -0.2) is 74.5 Å². The van der Waals surface area contributed by atoms with Gasteiger partial charge in [0.15, 0.2) is 6.61 Å². The third kappa shape index (κ3) is 5.26. The second-order valence-corrected chi connectivity index (χ2v) is 9.75. The number of hydrogen-bond donors (Lipinski definition) is 1. The van der Waals surface area contributed by atoms with Gasteiger partial charge in [-0.2, -0.15) is 4.31 Å². The highest BCUT2D eigenvalue weighted by molar-refractivity contribution is 7.89. The Morgan fingerprint density at radius 2 is 1.91 bits per heavy atom. The lowest BCUT2D eigenvalue weighted by molar-refractivity contribution is -0.390. The molecule has 2 aromatic rings. The Balaban J connectivity index is 1.55. The van der Waals surface area contributed by atoms with Gasteiger partial charge in [-0.1, -0.05) is 0 Å². The molecule has 34 heavy (non-hydrogen) atoms. The molecule has 0 saturated carbocycles. The highest BCUT2D eigenvalue weighted by Crippen LogP contribution is 2.32. The van der Waals surface area contributed by atoms with Crippen LogP contribution in [0.3, 0.4) is 0 Å². The maximum atomic E-state index is 13.1. The van der Waals surface area contributed by atoms with E-state index in [-0.39, 0.29) is 23.7 Å². The molecule has 1 aromatic carbocycles. The third-order valence-corrected chi connectivity index (χ3v) is 7.47. The first-order chi connectivity index (χ1) is 16.4. The van der Waals surface area contributed by atoms with Crippen LogP contribution in [0.1, 0.15) is 12.8 Å². The zero-order valence-corrected chi connectivity index (χ0v) is 19.2. The number of pyridine rings is 1. The standard InChI is InChI=1S/C21H25N5O7S/c27-20(15-33-19-4-3-7-22-21(19)26(28)29)23-17-14-16(5-6-18(17)24-8-1-2-9-24)34(30,31)25-10-12-32-13-11-25/h3-7,14H,1-2,8-13,15H2,(H,23,27). The van der Waals surface area contributed by atoms with E-state index in [1.165, 1.54) is 28.7 Å². The van der Waals surface area contributed by atoms with Crippen LogP contribution in [0.15, 0.2) is 41.4 Å². The van der Waals surface area contributed by atoms with E-state index >= 15 is 0 Å². The fourth-order valence-electron chi connectivity index (χ4n) is 3.91. The minimum atomic E-state index is -3.76. The van der Waals surface area contributed by atoms with Gasteiger partial charge in [-0.3, -0.25) is 4.79 Å². The first kappa shape index (κ1) is 23.9.